The molecular weight excluding hydrogens is 292 g/mol. The lowest BCUT2D eigenvalue weighted by atomic mass is 10.2. The first kappa shape index (κ1) is 15.3. The van der Waals surface area contributed by atoms with Gasteiger partial charge in [0.05, 0.1) is 11.1 Å². The molecule has 0 bridgehead atoms. The quantitative estimate of drug-likeness (QED) is 0.912. The number of aryl methyl sites for hydroxylation is 1. The van der Waals surface area contributed by atoms with Crippen LogP contribution in [0.4, 0.5) is 5.95 Å². The van der Waals surface area contributed by atoms with Crippen LogP contribution < -0.4 is 14.8 Å². The van der Waals surface area contributed by atoms with Crippen molar-refractivity contribution in [3.05, 3.63) is 28.8 Å². The Bertz CT molecular complexity index is 634. The van der Waals surface area contributed by atoms with Crippen molar-refractivity contribution < 1.29 is 9.47 Å². The predicted molar refractivity (Wildman–Crippen MR) is 81.4 cm³/mol. The highest BCUT2D eigenvalue weighted by atomic mass is 35.5. The Labute approximate surface area is 128 Å². The topological polar surface area (TPSA) is 69.2 Å². The van der Waals surface area contributed by atoms with E-state index in [4.69, 9.17) is 21.1 Å². The van der Waals surface area contributed by atoms with Gasteiger partial charge in [-0.15, -0.1) is 4.98 Å². The molecule has 0 saturated heterocycles. The van der Waals surface area contributed by atoms with Crippen LogP contribution in [0.25, 0.3) is 0 Å². The second kappa shape index (κ2) is 6.58. The van der Waals surface area contributed by atoms with Gasteiger partial charge in [-0.2, -0.15) is 9.97 Å². The fraction of sp³-hybridized carbons (Fsp3) is 0.357. The van der Waals surface area contributed by atoms with Crippen LogP contribution in [0.5, 0.6) is 17.8 Å². The molecule has 0 aliphatic rings. The third kappa shape index (κ3) is 4.19. The molecule has 0 fully saturated rings. The van der Waals surface area contributed by atoms with Crippen molar-refractivity contribution in [2.45, 2.75) is 26.9 Å². The average molecular weight is 309 g/mol. The Balaban J connectivity index is 2.29. The lowest BCUT2D eigenvalue weighted by Crippen LogP contribution is -2.11. The average Bonchev–Trinajstić information content (AvgIpc) is 2.41. The summed E-state index contributed by atoms with van der Waals surface area (Å²) in [7, 11) is 1.71. The highest BCUT2D eigenvalue weighted by Crippen LogP contribution is 2.29. The fourth-order valence-corrected chi connectivity index (χ4v) is 1.82. The molecule has 0 saturated carbocycles. The van der Waals surface area contributed by atoms with Crippen molar-refractivity contribution in [1.29, 1.82) is 0 Å². The summed E-state index contributed by atoms with van der Waals surface area (Å²) in [6.45, 7) is 5.73. The molecule has 112 valence electrons. The maximum Gasteiger partial charge on any atom is 0.330 e. The number of benzene rings is 1. The SMILES string of the molecule is CNc1nc(Oc2ccc(C)cc2Cl)nc(OC(C)C)n1. The molecule has 7 heteroatoms. The van der Waals surface area contributed by atoms with Crippen LogP contribution in [0.15, 0.2) is 18.2 Å². The number of hydrogen-bond donors (Lipinski definition) is 1. The number of nitrogens with zero attached hydrogens (tertiary/aromatic N) is 3. The second-order valence-electron chi connectivity index (χ2n) is 4.68. The van der Waals surface area contributed by atoms with Crippen molar-refractivity contribution >= 4 is 17.5 Å². The van der Waals surface area contributed by atoms with E-state index in [0.717, 1.165) is 5.56 Å². The first-order valence-corrected chi connectivity index (χ1v) is 6.90. The summed E-state index contributed by atoms with van der Waals surface area (Å²) < 4.78 is 11.1. The molecule has 2 aromatic rings. The number of aromatic nitrogens is 3. The molecule has 6 nitrogen and oxygen atoms in total. The van der Waals surface area contributed by atoms with Crippen molar-refractivity contribution in [3.8, 4) is 17.8 Å². The zero-order valence-electron chi connectivity index (χ0n) is 12.3. The predicted octanol–water partition coefficient (Wildman–Crippen LogP) is 3.45. The van der Waals surface area contributed by atoms with Crippen molar-refractivity contribution in [1.82, 2.24) is 15.0 Å². The summed E-state index contributed by atoms with van der Waals surface area (Å²) in [5.41, 5.74) is 1.04. The summed E-state index contributed by atoms with van der Waals surface area (Å²) in [6.07, 6.45) is -0.0482. The third-order valence-electron chi connectivity index (χ3n) is 2.45. The molecule has 0 aliphatic carbocycles. The van der Waals surface area contributed by atoms with Crippen LogP contribution >= 0.6 is 11.6 Å². The van der Waals surface area contributed by atoms with Crippen LogP contribution in [-0.2, 0) is 0 Å². The zero-order valence-corrected chi connectivity index (χ0v) is 13.1. The van der Waals surface area contributed by atoms with Gasteiger partial charge in [-0.1, -0.05) is 17.7 Å². The number of ether oxygens (including phenoxy) is 2. The van der Waals surface area contributed by atoms with Gasteiger partial charge >= 0.3 is 12.0 Å². The Morgan fingerprint density at radius 3 is 2.48 bits per heavy atom. The number of halogens is 1. The smallest absolute Gasteiger partial charge is 0.330 e. The normalized spacial score (nSPS) is 10.6. The Hall–Kier alpha value is -2.08. The van der Waals surface area contributed by atoms with E-state index in [1.54, 1.807) is 13.1 Å². The molecule has 0 spiro atoms. The summed E-state index contributed by atoms with van der Waals surface area (Å²) >= 11 is 6.13. The van der Waals surface area contributed by atoms with E-state index in [-0.39, 0.29) is 18.1 Å². The van der Waals surface area contributed by atoms with Crippen LogP contribution in [0, 0.1) is 6.92 Å². The van der Waals surface area contributed by atoms with E-state index in [2.05, 4.69) is 20.3 Å². The zero-order chi connectivity index (χ0) is 15.4. The van der Waals surface area contributed by atoms with Crippen LogP contribution in [0.2, 0.25) is 5.02 Å². The van der Waals surface area contributed by atoms with E-state index in [0.29, 0.717) is 16.7 Å². The van der Waals surface area contributed by atoms with Crippen LogP contribution in [-0.4, -0.2) is 28.1 Å². The standard InChI is InChI=1S/C14H17ClN4O2/c1-8(2)20-13-17-12(16-4)18-14(19-13)21-11-6-5-9(3)7-10(11)15/h5-8H,1-4H3,(H,16,17,18,19). The van der Waals surface area contributed by atoms with Gasteiger partial charge in [-0.25, -0.2) is 0 Å². The van der Waals surface area contributed by atoms with E-state index >= 15 is 0 Å². The van der Waals surface area contributed by atoms with Crippen molar-refractivity contribution in [2.24, 2.45) is 0 Å². The lowest BCUT2D eigenvalue weighted by molar-refractivity contribution is 0.218. The fourth-order valence-electron chi connectivity index (χ4n) is 1.55. The minimum absolute atomic E-state index is 0.0482. The van der Waals surface area contributed by atoms with E-state index < -0.39 is 0 Å². The van der Waals surface area contributed by atoms with Gasteiger partial charge in [-0.05, 0) is 38.5 Å². The molecule has 1 N–H and O–H groups in total. The van der Waals surface area contributed by atoms with Crippen molar-refractivity contribution in [2.75, 3.05) is 12.4 Å². The van der Waals surface area contributed by atoms with Gasteiger partial charge < -0.3 is 14.8 Å². The van der Waals surface area contributed by atoms with Gasteiger partial charge in [0.1, 0.15) is 5.75 Å². The molecule has 0 amide bonds. The molecule has 21 heavy (non-hydrogen) atoms. The lowest BCUT2D eigenvalue weighted by Gasteiger charge is -2.11. The van der Waals surface area contributed by atoms with Crippen molar-refractivity contribution in [3.63, 3.8) is 0 Å². The Kier molecular flexibility index (Phi) is 4.80. The first-order valence-electron chi connectivity index (χ1n) is 6.52. The molecule has 0 radical (unpaired) electrons. The largest absolute Gasteiger partial charge is 0.461 e. The third-order valence-corrected chi connectivity index (χ3v) is 2.74. The van der Waals surface area contributed by atoms with Gasteiger partial charge in [0.2, 0.25) is 5.95 Å². The van der Waals surface area contributed by atoms with Gasteiger partial charge in [0.15, 0.2) is 0 Å². The number of rotatable bonds is 5. The molecule has 1 aromatic carbocycles. The monoisotopic (exact) mass is 308 g/mol. The first-order chi connectivity index (χ1) is 9.97. The molecular formula is C14H17ClN4O2. The maximum atomic E-state index is 6.13. The summed E-state index contributed by atoms with van der Waals surface area (Å²) in [5, 5.41) is 3.33. The summed E-state index contributed by atoms with van der Waals surface area (Å²) in [6, 6.07) is 5.79. The van der Waals surface area contributed by atoms with Gasteiger partial charge in [0.25, 0.3) is 0 Å². The minimum Gasteiger partial charge on any atom is -0.461 e. The number of nitrogens with one attached hydrogen (secondary N) is 1. The van der Waals surface area contributed by atoms with Crippen LogP contribution in [0.3, 0.4) is 0 Å². The summed E-state index contributed by atoms with van der Waals surface area (Å²) in [5.74, 6) is 0.838. The Morgan fingerprint density at radius 1 is 1.14 bits per heavy atom. The second-order valence-corrected chi connectivity index (χ2v) is 5.08. The number of hydrogen-bond acceptors (Lipinski definition) is 6. The molecule has 1 heterocycles. The minimum atomic E-state index is -0.0482. The molecule has 0 atom stereocenters. The number of anilines is 1. The molecule has 0 unspecified atom stereocenters. The maximum absolute atomic E-state index is 6.13. The summed E-state index contributed by atoms with van der Waals surface area (Å²) in [4.78, 5) is 12.3. The van der Waals surface area contributed by atoms with Crippen LogP contribution in [0.1, 0.15) is 19.4 Å². The van der Waals surface area contributed by atoms with Gasteiger partial charge in [0, 0.05) is 7.05 Å². The molecule has 0 aliphatic heterocycles. The highest BCUT2D eigenvalue weighted by molar-refractivity contribution is 6.32. The van der Waals surface area contributed by atoms with E-state index in [9.17, 15) is 0 Å². The van der Waals surface area contributed by atoms with E-state index in [1.165, 1.54) is 0 Å². The highest BCUT2D eigenvalue weighted by Gasteiger charge is 2.11. The Morgan fingerprint density at radius 2 is 1.86 bits per heavy atom. The molecule has 2 rings (SSSR count). The molecule has 1 aromatic heterocycles. The van der Waals surface area contributed by atoms with E-state index in [1.807, 2.05) is 32.9 Å². The van der Waals surface area contributed by atoms with Gasteiger partial charge in [-0.3, -0.25) is 0 Å².